The van der Waals surface area contributed by atoms with Crippen LogP contribution in [-0.2, 0) is 0 Å². The molecule has 0 spiro atoms. The van der Waals surface area contributed by atoms with Gasteiger partial charge >= 0.3 is 0 Å². The maximum atomic E-state index is 12.8. The van der Waals surface area contributed by atoms with Crippen molar-refractivity contribution in [2.45, 2.75) is 19.9 Å². The van der Waals surface area contributed by atoms with Gasteiger partial charge in [-0.3, -0.25) is 4.79 Å². The summed E-state index contributed by atoms with van der Waals surface area (Å²) in [5.41, 5.74) is 2.36. The Kier molecular flexibility index (Phi) is 6.33. The fraction of sp³-hybridized carbons (Fsp3) is 0.350. The molecule has 0 aliphatic carbocycles. The number of benzene rings is 2. The maximum Gasteiger partial charge on any atom is 0.255 e. The predicted octanol–water partition coefficient (Wildman–Crippen LogP) is 3.52. The fourth-order valence-corrected chi connectivity index (χ4v) is 2.82. The van der Waals surface area contributed by atoms with E-state index in [4.69, 9.17) is 18.9 Å². The van der Waals surface area contributed by atoms with Gasteiger partial charge in [-0.25, -0.2) is 0 Å². The number of nitrogens with one attached hydrogen (secondary N) is 1. The number of methoxy groups -OCH3 is 4. The number of hydrogen-bond donors (Lipinski definition) is 1. The standard InChI is InChI=1S/C20H25NO5/c1-12-7-9-16(23-3)15(11-12)13(2)21-20(22)14-8-10-17(24-4)19(26-6)18(14)25-5/h7-11,13H,1-6H3,(H,21,22)/t13-/m0/s1. The van der Waals surface area contributed by atoms with E-state index in [0.29, 0.717) is 22.8 Å². The normalized spacial score (nSPS) is 11.5. The van der Waals surface area contributed by atoms with Gasteiger partial charge in [0, 0.05) is 5.56 Å². The molecule has 2 aromatic carbocycles. The first-order chi connectivity index (χ1) is 12.5. The highest BCUT2D eigenvalue weighted by molar-refractivity contribution is 5.98. The number of carbonyl (C=O) groups excluding carboxylic acids is 1. The lowest BCUT2D eigenvalue weighted by molar-refractivity contribution is 0.0935. The largest absolute Gasteiger partial charge is 0.496 e. The Balaban J connectivity index is 2.34. The van der Waals surface area contributed by atoms with Crippen LogP contribution in [0.4, 0.5) is 0 Å². The van der Waals surface area contributed by atoms with Gasteiger partial charge in [0.1, 0.15) is 5.75 Å². The second kappa shape index (κ2) is 8.47. The van der Waals surface area contributed by atoms with Gasteiger partial charge in [0.2, 0.25) is 5.75 Å². The van der Waals surface area contributed by atoms with E-state index < -0.39 is 0 Å². The average molecular weight is 359 g/mol. The molecular formula is C20H25NO5. The number of rotatable bonds is 7. The van der Waals surface area contributed by atoms with Crippen molar-refractivity contribution in [3.8, 4) is 23.0 Å². The van der Waals surface area contributed by atoms with Gasteiger partial charge in [-0.2, -0.15) is 0 Å². The topological polar surface area (TPSA) is 66.0 Å². The van der Waals surface area contributed by atoms with E-state index in [1.807, 2.05) is 32.0 Å². The molecule has 26 heavy (non-hydrogen) atoms. The van der Waals surface area contributed by atoms with E-state index in [9.17, 15) is 4.79 Å². The number of ether oxygens (including phenoxy) is 4. The molecule has 0 saturated carbocycles. The zero-order valence-electron chi connectivity index (χ0n) is 16.0. The zero-order chi connectivity index (χ0) is 19.3. The number of carbonyl (C=O) groups is 1. The van der Waals surface area contributed by atoms with E-state index in [1.54, 1.807) is 19.2 Å². The molecule has 0 radical (unpaired) electrons. The molecule has 0 aliphatic heterocycles. The Hall–Kier alpha value is -2.89. The summed E-state index contributed by atoms with van der Waals surface area (Å²) >= 11 is 0. The summed E-state index contributed by atoms with van der Waals surface area (Å²) < 4.78 is 21.4. The predicted molar refractivity (Wildman–Crippen MR) is 99.7 cm³/mol. The van der Waals surface area contributed by atoms with E-state index in [1.165, 1.54) is 21.3 Å². The molecule has 0 aromatic heterocycles. The van der Waals surface area contributed by atoms with Crippen molar-refractivity contribution in [3.63, 3.8) is 0 Å². The molecule has 0 bridgehead atoms. The van der Waals surface area contributed by atoms with Crippen LogP contribution in [-0.4, -0.2) is 34.3 Å². The Morgan fingerprint density at radius 3 is 2.08 bits per heavy atom. The third-order valence-electron chi connectivity index (χ3n) is 4.15. The van der Waals surface area contributed by atoms with Gasteiger partial charge in [-0.05, 0) is 32.0 Å². The molecule has 0 unspecified atom stereocenters. The van der Waals surface area contributed by atoms with Gasteiger partial charge in [-0.1, -0.05) is 17.7 Å². The second-order valence-electron chi connectivity index (χ2n) is 5.82. The summed E-state index contributed by atoms with van der Waals surface area (Å²) in [5.74, 6) is 1.65. The lowest BCUT2D eigenvalue weighted by atomic mass is 10.0. The van der Waals surface area contributed by atoms with Crippen molar-refractivity contribution in [1.82, 2.24) is 5.32 Å². The summed E-state index contributed by atoms with van der Waals surface area (Å²) in [4.78, 5) is 12.8. The molecule has 6 nitrogen and oxygen atoms in total. The van der Waals surface area contributed by atoms with Crippen LogP contribution in [0.3, 0.4) is 0 Å². The lowest BCUT2D eigenvalue weighted by Gasteiger charge is -2.20. The lowest BCUT2D eigenvalue weighted by Crippen LogP contribution is -2.27. The Bertz CT molecular complexity index is 788. The third-order valence-corrected chi connectivity index (χ3v) is 4.15. The molecule has 0 heterocycles. The highest BCUT2D eigenvalue weighted by atomic mass is 16.5. The van der Waals surface area contributed by atoms with Gasteiger partial charge in [0.15, 0.2) is 11.5 Å². The molecule has 1 N–H and O–H groups in total. The van der Waals surface area contributed by atoms with Gasteiger partial charge in [0.25, 0.3) is 5.91 Å². The van der Waals surface area contributed by atoms with Crippen molar-refractivity contribution in [2.24, 2.45) is 0 Å². The number of hydrogen-bond acceptors (Lipinski definition) is 5. The fourth-order valence-electron chi connectivity index (χ4n) is 2.82. The minimum atomic E-state index is -0.279. The minimum absolute atomic E-state index is 0.254. The van der Waals surface area contributed by atoms with Crippen LogP contribution in [0.25, 0.3) is 0 Å². The summed E-state index contributed by atoms with van der Waals surface area (Å²) in [6.07, 6.45) is 0. The van der Waals surface area contributed by atoms with Crippen molar-refractivity contribution in [1.29, 1.82) is 0 Å². The quantitative estimate of drug-likeness (QED) is 0.819. The molecule has 1 amide bonds. The van der Waals surface area contributed by atoms with E-state index in [-0.39, 0.29) is 11.9 Å². The van der Waals surface area contributed by atoms with Crippen LogP contribution in [0.2, 0.25) is 0 Å². The van der Waals surface area contributed by atoms with Gasteiger partial charge in [-0.15, -0.1) is 0 Å². The molecule has 2 rings (SSSR count). The number of aryl methyl sites for hydroxylation is 1. The second-order valence-corrected chi connectivity index (χ2v) is 5.82. The van der Waals surface area contributed by atoms with E-state index >= 15 is 0 Å². The SMILES string of the molecule is COc1ccc(C)cc1[C@H](C)NC(=O)c1ccc(OC)c(OC)c1OC. The molecular weight excluding hydrogens is 334 g/mol. The van der Waals surface area contributed by atoms with Crippen LogP contribution in [0.15, 0.2) is 30.3 Å². The van der Waals surface area contributed by atoms with Crippen molar-refractivity contribution >= 4 is 5.91 Å². The first-order valence-electron chi connectivity index (χ1n) is 8.21. The van der Waals surface area contributed by atoms with Crippen LogP contribution in [0.5, 0.6) is 23.0 Å². The summed E-state index contributed by atoms with van der Waals surface area (Å²) in [7, 11) is 6.13. The Labute approximate surface area is 154 Å². The molecule has 2 aromatic rings. The summed E-state index contributed by atoms with van der Waals surface area (Å²) in [6, 6.07) is 8.92. The van der Waals surface area contributed by atoms with Crippen LogP contribution in [0, 0.1) is 6.92 Å². The molecule has 1 atom stereocenters. The summed E-state index contributed by atoms with van der Waals surface area (Å²) in [5, 5.41) is 2.98. The first kappa shape index (κ1) is 19.4. The van der Waals surface area contributed by atoms with Crippen molar-refractivity contribution in [3.05, 3.63) is 47.0 Å². The smallest absolute Gasteiger partial charge is 0.255 e. The van der Waals surface area contributed by atoms with E-state index in [0.717, 1.165) is 16.9 Å². The molecule has 0 fully saturated rings. The average Bonchev–Trinajstić information content (AvgIpc) is 2.66. The van der Waals surface area contributed by atoms with Crippen LogP contribution in [0.1, 0.15) is 34.5 Å². The van der Waals surface area contributed by atoms with Gasteiger partial charge < -0.3 is 24.3 Å². The van der Waals surface area contributed by atoms with Gasteiger partial charge in [0.05, 0.1) is 40.0 Å². The molecule has 0 saturated heterocycles. The molecule has 6 heteroatoms. The van der Waals surface area contributed by atoms with Crippen molar-refractivity contribution in [2.75, 3.05) is 28.4 Å². The first-order valence-corrected chi connectivity index (χ1v) is 8.21. The zero-order valence-corrected chi connectivity index (χ0v) is 16.0. The third kappa shape index (κ3) is 3.85. The Morgan fingerprint density at radius 1 is 0.885 bits per heavy atom. The maximum absolute atomic E-state index is 12.8. The highest BCUT2D eigenvalue weighted by Crippen LogP contribution is 2.40. The molecule has 140 valence electrons. The Morgan fingerprint density at radius 2 is 1.50 bits per heavy atom. The monoisotopic (exact) mass is 359 g/mol. The highest BCUT2D eigenvalue weighted by Gasteiger charge is 2.22. The van der Waals surface area contributed by atoms with Crippen molar-refractivity contribution < 1.29 is 23.7 Å². The van der Waals surface area contributed by atoms with Crippen LogP contribution >= 0.6 is 0 Å². The summed E-state index contributed by atoms with van der Waals surface area (Å²) in [6.45, 7) is 3.90. The molecule has 0 aliphatic rings. The minimum Gasteiger partial charge on any atom is -0.496 e. The van der Waals surface area contributed by atoms with E-state index in [2.05, 4.69) is 5.32 Å². The number of amides is 1. The van der Waals surface area contributed by atoms with Crippen LogP contribution < -0.4 is 24.3 Å².